The van der Waals surface area contributed by atoms with Gasteiger partial charge in [0.15, 0.2) is 6.35 Å². The summed E-state index contributed by atoms with van der Waals surface area (Å²) in [5, 5.41) is 12.1. The molecule has 0 aromatic carbocycles. The summed E-state index contributed by atoms with van der Waals surface area (Å²) in [6, 6.07) is 0. The van der Waals surface area contributed by atoms with Crippen LogP contribution in [0.3, 0.4) is 0 Å². The van der Waals surface area contributed by atoms with E-state index in [1.807, 2.05) is 6.92 Å². The first kappa shape index (κ1) is 5.88. The number of aryl methyl sites for hydroxylation is 1. The van der Waals surface area contributed by atoms with Crippen LogP contribution in [0, 0.1) is 6.92 Å². The van der Waals surface area contributed by atoms with Gasteiger partial charge in [0.2, 0.25) is 0 Å². The molecule has 0 fully saturated rings. The number of nitrogens with one attached hydrogen (secondary N) is 1. The maximum absolute atomic E-state index is 9.26. The molecule has 1 aromatic rings. The first-order chi connectivity index (χ1) is 4.79. The van der Waals surface area contributed by atoms with E-state index in [0.717, 1.165) is 11.5 Å². The van der Waals surface area contributed by atoms with Gasteiger partial charge >= 0.3 is 0 Å². The maximum Gasteiger partial charge on any atom is 0.189 e. The van der Waals surface area contributed by atoms with Crippen LogP contribution in [0.2, 0.25) is 0 Å². The molecule has 1 aliphatic heterocycles. The lowest BCUT2D eigenvalue weighted by Gasteiger charge is -2.05. The van der Waals surface area contributed by atoms with Gasteiger partial charge in [-0.3, -0.25) is 9.88 Å². The molecule has 4 heteroatoms. The quantitative estimate of drug-likeness (QED) is 0.520. The van der Waals surface area contributed by atoms with Gasteiger partial charge in [-0.2, -0.15) is 0 Å². The van der Waals surface area contributed by atoms with Gasteiger partial charge in [-0.1, -0.05) is 0 Å². The van der Waals surface area contributed by atoms with Crippen LogP contribution >= 0.6 is 0 Å². The van der Waals surface area contributed by atoms with Crippen LogP contribution < -0.4 is 5.32 Å². The van der Waals surface area contributed by atoms with E-state index in [0.29, 0.717) is 6.54 Å². The highest BCUT2D eigenvalue weighted by molar-refractivity contribution is 5.08. The summed E-state index contributed by atoms with van der Waals surface area (Å²) < 4.78 is 1.78. The third-order valence-corrected chi connectivity index (χ3v) is 1.77. The van der Waals surface area contributed by atoms with Crippen LogP contribution in [0.1, 0.15) is 17.9 Å². The highest BCUT2D eigenvalue weighted by Gasteiger charge is 2.19. The smallest absolute Gasteiger partial charge is 0.189 e. The molecule has 0 saturated heterocycles. The van der Waals surface area contributed by atoms with E-state index in [1.54, 1.807) is 10.8 Å². The van der Waals surface area contributed by atoms with Crippen molar-refractivity contribution in [3.63, 3.8) is 0 Å². The average molecular weight is 139 g/mol. The Morgan fingerprint density at radius 1 is 1.90 bits per heavy atom. The first-order valence-electron chi connectivity index (χ1n) is 3.23. The lowest BCUT2D eigenvalue weighted by Crippen LogP contribution is -2.16. The van der Waals surface area contributed by atoms with Crippen molar-refractivity contribution in [1.82, 2.24) is 14.9 Å². The number of aliphatic hydroxyl groups is 1. The predicted molar refractivity (Wildman–Crippen MR) is 35.1 cm³/mol. The molecule has 1 unspecified atom stereocenters. The second-order valence-corrected chi connectivity index (χ2v) is 2.42. The van der Waals surface area contributed by atoms with Crippen LogP contribution in [0.15, 0.2) is 6.20 Å². The van der Waals surface area contributed by atoms with Crippen LogP contribution in [-0.4, -0.2) is 14.7 Å². The van der Waals surface area contributed by atoms with Gasteiger partial charge in [0.1, 0.15) is 5.82 Å². The zero-order valence-electron chi connectivity index (χ0n) is 5.70. The van der Waals surface area contributed by atoms with E-state index >= 15 is 0 Å². The SMILES string of the molecule is Cc1ncc2n1C(O)NC2. The van der Waals surface area contributed by atoms with Crippen molar-refractivity contribution in [3.05, 3.63) is 17.7 Å². The number of fused-ring (bicyclic) bond motifs is 1. The van der Waals surface area contributed by atoms with E-state index in [9.17, 15) is 5.11 Å². The van der Waals surface area contributed by atoms with Crippen molar-refractivity contribution in [2.75, 3.05) is 0 Å². The number of aromatic nitrogens is 2. The number of hydrogen-bond acceptors (Lipinski definition) is 3. The molecule has 4 nitrogen and oxygen atoms in total. The van der Waals surface area contributed by atoms with Gasteiger partial charge in [0.05, 0.1) is 5.69 Å². The lowest BCUT2D eigenvalue weighted by atomic mass is 10.5. The first-order valence-corrected chi connectivity index (χ1v) is 3.23. The van der Waals surface area contributed by atoms with Gasteiger partial charge < -0.3 is 5.11 Å². The minimum atomic E-state index is -0.572. The van der Waals surface area contributed by atoms with Gasteiger partial charge in [-0.15, -0.1) is 0 Å². The van der Waals surface area contributed by atoms with E-state index < -0.39 is 6.35 Å². The van der Waals surface area contributed by atoms with Gasteiger partial charge in [-0.05, 0) is 6.92 Å². The van der Waals surface area contributed by atoms with E-state index in [2.05, 4.69) is 10.3 Å². The number of rotatable bonds is 0. The molecule has 0 amide bonds. The summed E-state index contributed by atoms with van der Waals surface area (Å²) in [5.41, 5.74) is 1.05. The third-order valence-electron chi connectivity index (χ3n) is 1.77. The molecule has 0 aliphatic carbocycles. The Morgan fingerprint density at radius 3 is 3.40 bits per heavy atom. The molecular weight excluding hydrogens is 130 g/mol. The van der Waals surface area contributed by atoms with Crippen LogP contribution in [0.5, 0.6) is 0 Å². The fraction of sp³-hybridized carbons (Fsp3) is 0.500. The fourth-order valence-electron chi connectivity index (χ4n) is 1.25. The molecule has 0 spiro atoms. The molecule has 54 valence electrons. The van der Waals surface area contributed by atoms with Crippen molar-refractivity contribution in [2.24, 2.45) is 0 Å². The Morgan fingerprint density at radius 2 is 2.70 bits per heavy atom. The molecule has 0 bridgehead atoms. The zero-order chi connectivity index (χ0) is 7.14. The summed E-state index contributed by atoms with van der Waals surface area (Å²) in [7, 11) is 0. The van der Waals surface area contributed by atoms with Crippen LogP contribution in [-0.2, 0) is 6.54 Å². The van der Waals surface area contributed by atoms with Gasteiger partial charge in [0, 0.05) is 12.7 Å². The lowest BCUT2D eigenvalue weighted by molar-refractivity contribution is 0.0849. The Bertz CT molecular complexity index is 255. The largest absolute Gasteiger partial charge is 0.361 e. The molecule has 2 rings (SSSR count). The van der Waals surface area contributed by atoms with Crippen molar-refractivity contribution in [3.8, 4) is 0 Å². The summed E-state index contributed by atoms with van der Waals surface area (Å²) in [4.78, 5) is 4.05. The second kappa shape index (κ2) is 1.81. The normalized spacial score (nSPS) is 23.2. The zero-order valence-corrected chi connectivity index (χ0v) is 5.70. The number of nitrogens with zero attached hydrogens (tertiary/aromatic N) is 2. The fourth-order valence-corrected chi connectivity index (χ4v) is 1.25. The van der Waals surface area contributed by atoms with E-state index in [4.69, 9.17) is 0 Å². The van der Waals surface area contributed by atoms with Gasteiger partial charge in [0.25, 0.3) is 0 Å². The summed E-state index contributed by atoms with van der Waals surface area (Å²) in [6.45, 7) is 2.59. The Kier molecular flexibility index (Phi) is 1.06. The highest BCUT2D eigenvalue weighted by Crippen LogP contribution is 2.15. The summed E-state index contributed by atoms with van der Waals surface area (Å²) in [6.07, 6.45) is 1.20. The highest BCUT2D eigenvalue weighted by atomic mass is 16.3. The number of imidazole rings is 1. The van der Waals surface area contributed by atoms with E-state index in [-0.39, 0.29) is 0 Å². The maximum atomic E-state index is 9.26. The minimum Gasteiger partial charge on any atom is -0.361 e. The summed E-state index contributed by atoms with van der Waals surface area (Å²) in [5.74, 6) is 0.854. The Hall–Kier alpha value is -0.870. The molecule has 0 saturated carbocycles. The van der Waals surface area contributed by atoms with Crippen molar-refractivity contribution < 1.29 is 5.11 Å². The molecule has 1 atom stereocenters. The number of hydrogen-bond donors (Lipinski definition) is 2. The van der Waals surface area contributed by atoms with Gasteiger partial charge in [-0.25, -0.2) is 4.98 Å². The molecule has 10 heavy (non-hydrogen) atoms. The molecule has 1 aliphatic rings. The van der Waals surface area contributed by atoms with Crippen molar-refractivity contribution >= 4 is 0 Å². The molecule has 0 radical (unpaired) electrons. The third kappa shape index (κ3) is 0.600. The molecule has 1 aromatic heterocycles. The topological polar surface area (TPSA) is 50.1 Å². The van der Waals surface area contributed by atoms with E-state index in [1.165, 1.54) is 0 Å². The van der Waals surface area contributed by atoms with Crippen molar-refractivity contribution in [2.45, 2.75) is 19.8 Å². The van der Waals surface area contributed by atoms with Crippen molar-refractivity contribution in [1.29, 1.82) is 0 Å². The average Bonchev–Trinajstić information content (AvgIpc) is 2.40. The molecule has 2 heterocycles. The standard InChI is InChI=1S/C6H9N3O/c1-4-7-2-5-3-8-6(10)9(4)5/h2,6,8,10H,3H2,1H3. The number of aliphatic hydroxyl groups excluding tert-OH is 1. The molecular formula is C6H9N3O. The van der Waals surface area contributed by atoms with Crippen LogP contribution in [0.25, 0.3) is 0 Å². The minimum absolute atomic E-state index is 0.572. The monoisotopic (exact) mass is 139 g/mol. The second-order valence-electron chi connectivity index (χ2n) is 2.42. The Labute approximate surface area is 58.5 Å². The van der Waals surface area contributed by atoms with Crippen LogP contribution in [0.4, 0.5) is 0 Å². The molecule has 2 N–H and O–H groups in total. The predicted octanol–water partition coefficient (Wildman–Crippen LogP) is -0.257. The Balaban J connectivity index is 2.54. The summed E-state index contributed by atoms with van der Waals surface area (Å²) >= 11 is 0.